The summed E-state index contributed by atoms with van der Waals surface area (Å²) < 4.78 is 27.4. The summed E-state index contributed by atoms with van der Waals surface area (Å²) in [4.78, 5) is 28.8. The van der Waals surface area contributed by atoms with Gasteiger partial charge in [-0.05, 0) is 118 Å². The van der Waals surface area contributed by atoms with E-state index in [9.17, 15) is 18.0 Å². The molecule has 8 heteroatoms. The van der Waals surface area contributed by atoms with Crippen LogP contribution < -0.4 is 9.62 Å². The zero-order valence-electron chi connectivity index (χ0n) is 25.8. The van der Waals surface area contributed by atoms with Crippen molar-refractivity contribution in [1.82, 2.24) is 10.2 Å². The van der Waals surface area contributed by atoms with Crippen LogP contribution in [-0.2, 0) is 31.6 Å². The highest BCUT2D eigenvalue weighted by Crippen LogP contribution is 2.60. The lowest BCUT2D eigenvalue weighted by Gasteiger charge is -2.57. The van der Waals surface area contributed by atoms with Crippen molar-refractivity contribution < 1.29 is 18.0 Å². The zero-order valence-corrected chi connectivity index (χ0v) is 26.6. The van der Waals surface area contributed by atoms with Crippen LogP contribution in [0, 0.1) is 24.7 Å². The smallest absolute Gasteiger partial charge is 0.244 e. The minimum Gasteiger partial charge on any atom is -0.352 e. The third kappa shape index (κ3) is 6.38. The Bertz CT molecular complexity index is 1370. The van der Waals surface area contributed by atoms with Crippen LogP contribution in [0.4, 0.5) is 5.69 Å². The molecule has 0 saturated heterocycles. The van der Waals surface area contributed by atoms with Crippen LogP contribution >= 0.6 is 0 Å². The van der Waals surface area contributed by atoms with Gasteiger partial charge in [-0.3, -0.25) is 13.9 Å². The van der Waals surface area contributed by atoms with Crippen molar-refractivity contribution >= 4 is 27.5 Å². The number of amides is 2. The summed E-state index contributed by atoms with van der Waals surface area (Å²) in [6.07, 6.45) is 9.36. The third-order valence-electron chi connectivity index (χ3n) is 9.90. The summed E-state index contributed by atoms with van der Waals surface area (Å²) in [6.45, 7) is 7.47. The molecule has 4 aliphatic carbocycles. The normalized spacial score (nSPS) is 25.3. The van der Waals surface area contributed by atoms with Gasteiger partial charge in [-0.2, -0.15) is 0 Å². The Hall–Kier alpha value is -2.87. The molecule has 0 spiro atoms. The van der Waals surface area contributed by atoms with Gasteiger partial charge < -0.3 is 10.2 Å². The molecule has 1 atom stereocenters. The van der Waals surface area contributed by atoms with Crippen LogP contribution in [0.15, 0.2) is 48.5 Å². The van der Waals surface area contributed by atoms with Gasteiger partial charge in [0.15, 0.2) is 0 Å². The maximum Gasteiger partial charge on any atom is 0.244 e. The van der Waals surface area contributed by atoms with Crippen molar-refractivity contribution in [2.75, 3.05) is 17.1 Å². The van der Waals surface area contributed by atoms with Crippen LogP contribution in [-0.4, -0.2) is 50.0 Å². The molecular formula is C34H47N3O4S. The number of anilines is 1. The fraction of sp³-hybridized carbons (Fsp3) is 0.588. The van der Waals surface area contributed by atoms with Gasteiger partial charge in [-0.1, -0.05) is 43.3 Å². The Morgan fingerprint density at radius 2 is 1.52 bits per heavy atom. The molecule has 1 N–H and O–H groups in total. The number of carbonyl (C=O) groups is 2. The monoisotopic (exact) mass is 593 g/mol. The average molecular weight is 594 g/mol. The maximum absolute atomic E-state index is 14.0. The van der Waals surface area contributed by atoms with E-state index in [-0.39, 0.29) is 30.5 Å². The maximum atomic E-state index is 14.0. The van der Waals surface area contributed by atoms with Crippen molar-refractivity contribution in [3.05, 3.63) is 65.2 Å². The van der Waals surface area contributed by atoms with Gasteiger partial charge in [0.25, 0.3) is 0 Å². The first-order valence-corrected chi connectivity index (χ1v) is 17.5. The van der Waals surface area contributed by atoms with E-state index in [2.05, 4.69) is 17.4 Å². The molecule has 228 valence electrons. The number of sulfonamides is 1. The molecule has 4 aliphatic rings. The minimum absolute atomic E-state index is 0.0815. The molecule has 4 bridgehead atoms. The molecular weight excluding hydrogens is 546 g/mol. The molecule has 6 rings (SSSR count). The van der Waals surface area contributed by atoms with Gasteiger partial charge in [0, 0.05) is 12.6 Å². The largest absolute Gasteiger partial charge is 0.352 e. The molecule has 42 heavy (non-hydrogen) atoms. The van der Waals surface area contributed by atoms with Gasteiger partial charge in [0.05, 0.1) is 11.9 Å². The molecule has 2 aromatic rings. The van der Waals surface area contributed by atoms with E-state index in [0.717, 1.165) is 35.1 Å². The summed E-state index contributed by atoms with van der Waals surface area (Å²) in [5, 5.41) is 2.94. The number of rotatable bonds is 11. The van der Waals surface area contributed by atoms with Crippen LogP contribution in [0.1, 0.15) is 82.4 Å². The number of hydrogen-bond acceptors (Lipinski definition) is 4. The Balaban J connectivity index is 1.41. The van der Waals surface area contributed by atoms with E-state index in [4.69, 9.17) is 0 Å². The summed E-state index contributed by atoms with van der Waals surface area (Å²) in [5.41, 5.74) is 3.93. The van der Waals surface area contributed by atoms with Crippen LogP contribution in [0.2, 0.25) is 0 Å². The van der Waals surface area contributed by atoms with E-state index in [0.29, 0.717) is 12.1 Å². The van der Waals surface area contributed by atoms with Crippen LogP contribution in [0.25, 0.3) is 0 Å². The Labute approximate surface area is 252 Å². The molecule has 0 aliphatic heterocycles. The molecule has 7 nitrogen and oxygen atoms in total. The fourth-order valence-corrected chi connectivity index (χ4v) is 9.18. The van der Waals surface area contributed by atoms with E-state index in [1.807, 2.05) is 64.1 Å². The molecule has 1 unspecified atom stereocenters. The second-order valence-electron chi connectivity index (χ2n) is 13.5. The van der Waals surface area contributed by atoms with Crippen LogP contribution in [0.5, 0.6) is 0 Å². The highest BCUT2D eigenvalue weighted by molar-refractivity contribution is 7.92. The second-order valence-corrected chi connectivity index (χ2v) is 15.5. The lowest BCUT2D eigenvalue weighted by Crippen LogP contribution is -2.53. The van der Waals surface area contributed by atoms with Crippen molar-refractivity contribution in [2.45, 2.75) is 96.7 Å². The predicted molar refractivity (Wildman–Crippen MR) is 168 cm³/mol. The number of hydrogen-bond donors (Lipinski definition) is 1. The van der Waals surface area contributed by atoms with Gasteiger partial charge in [0.1, 0.15) is 12.6 Å². The minimum atomic E-state index is -3.77. The van der Waals surface area contributed by atoms with E-state index < -0.39 is 22.0 Å². The lowest BCUT2D eigenvalue weighted by molar-refractivity contribution is -0.140. The second kappa shape index (κ2) is 12.0. The first-order chi connectivity index (χ1) is 19.9. The molecule has 2 amide bonds. The van der Waals surface area contributed by atoms with Gasteiger partial charge >= 0.3 is 0 Å². The highest BCUT2D eigenvalue weighted by Gasteiger charge is 2.51. The van der Waals surface area contributed by atoms with E-state index in [1.54, 1.807) is 4.90 Å². The topological polar surface area (TPSA) is 86.8 Å². The molecule has 0 aromatic heterocycles. The van der Waals surface area contributed by atoms with Gasteiger partial charge in [0.2, 0.25) is 21.8 Å². The van der Waals surface area contributed by atoms with Crippen molar-refractivity contribution in [3.8, 4) is 0 Å². The molecule has 4 fully saturated rings. The van der Waals surface area contributed by atoms with E-state index >= 15 is 0 Å². The standard InChI is InChI=1S/C34H47N3O4S/c1-6-31(33(39)35-23(2)3)36(21-28-10-8-7-9-24(28)4)32(38)22-37(42(5,40)41)30-13-11-29(12-14-30)34-18-25-15-26(19-34)17-27(16-25)20-34/h7-14,23,25-27,31H,6,15-22H2,1-5H3,(H,35,39). The number of nitrogens with one attached hydrogen (secondary N) is 1. The quantitative estimate of drug-likeness (QED) is 0.370. The van der Waals surface area contributed by atoms with Crippen LogP contribution in [0.3, 0.4) is 0 Å². The molecule has 4 saturated carbocycles. The third-order valence-corrected chi connectivity index (χ3v) is 11.0. The Kier molecular flexibility index (Phi) is 8.75. The van der Waals surface area contributed by atoms with Gasteiger partial charge in [-0.25, -0.2) is 8.42 Å². The average Bonchev–Trinajstić information content (AvgIpc) is 2.91. The van der Waals surface area contributed by atoms with Crippen molar-refractivity contribution in [1.29, 1.82) is 0 Å². The fourth-order valence-electron chi connectivity index (χ4n) is 8.33. The van der Waals surface area contributed by atoms with E-state index in [1.165, 1.54) is 48.4 Å². The highest BCUT2D eigenvalue weighted by atomic mass is 32.2. The summed E-state index contributed by atoms with van der Waals surface area (Å²) in [7, 11) is -3.77. The summed E-state index contributed by atoms with van der Waals surface area (Å²) in [6, 6.07) is 14.9. The molecule has 2 aromatic carbocycles. The number of aryl methyl sites for hydroxylation is 1. The number of carbonyl (C=O) groups excluding carboxylic acids is 2. The van der Waals surface area contributed by atoms with Crippen molar-refractivity contribution in [2.24, 2.45) is 17.8 Å². The lowest BCUT2D eigenvalue weighted by atomic mass is 9.48. The zero-order chi connectivity index (χ0) is 30.2. The Morgan fingerprint density at radius 1 is 0.952 bits per heavy atom. The SMILES string of the molecule is CCC(C(=O)NC(C)C)N(Cc1ccccc1C)C(=O)CN(c1ccc(C23CC4CC(CC(C4)C2)C3)cc1)S(C)(=O)=O. The molecule has 0 heterocycles. The first kappa shape index (κ1) is 30.6. The number of nitrogens with zero attached hydrogens (tertiary/aromatic N) is 2. The number of benzene rings is 2. The van der Waals surface area contributed by atoms with Gasteiger partial charge in [-0.15, -0.1) is 0 Å². The first-order valence-electron chi connectivity index (χ1n) is 15.6. The predicted octanol–water partition coefficient (Wildman–Crippen LogP) is 5.56. The van der Waals surface area contributed by atoms with Crippen molar-refractivity contribution in [3.63, 3.8) is 0 Å². The summed E-state index contributed by atoms with van der Waals surface area (Å²) >= 11 is 0. The molecule has 0 radical (unpaired) electrons. The Morgan fingerprint density at radius 3 is 2.02 bits per heavy atom. The summed E-state index contributed by atoms with van der Waals surface area (Å²) in [5.74, 6) is 1.82.